The number of carbonyl (C=O) groups excluding carboxylic acids is 1. The number of pyridine rings is 1. The van der Waals surface area contributed by atoms with Gasteiger partial charge in [-0.2, -0.15) is 0 Å². The summed E-state index contributed by atoms with van der Waals surface area (Å²) >= 11 is 11.7. The van der Waals surface area contributed by atoms with Crippen LogP contribution in [0, 0.1) is 5.92 Å². The largest absolute Gasteiger partial charge is 0.350 e. The highest BCUT2D eigenvalue weighted by Gasteiger charge is 2.32. The van der Waals surface area contributed by atoms with Gasteiger partial charge in [0.1, 0.15) is 10.8 Å². The average molecular weight is 333 g/mol. The molecular formula is C14H18Cl2N2O3. The van der Waals surface area contributed by atoms with E-state index in [1.165, 1.54) is 0 Å². The van der Waals surface area contributed by atoms with Crippen LogP contribution in [-0.4, -0.2) is 36.4 Å². The summed E-state index contributed by atoms with van der Waals surface area (Å²) in [5.74, 6) is -0.710. The number of halogens is 2. The zero-order valence-electron chi connectivity index (χ0n) is 12.0. The van der Waals surface area contributed by atoms with Crippen LogP contribution in [0.15, 0.2) is 12.1 Å². The number of nitrogens with one attached hydrogen (secondary N) is 1. The molecule has 0 aliphatic carbocycles. The van der Waals surface area contributed by atoms with E-state index in [1.807, 2.05) is 13.8 Å². The number of rotatable bonds is 5. The minimum atomic E-state index is -0.559. The van der Waals surface area contributed by atoms with Crippen molar-refractivity contribution in [1.29, 1.82) is 0 Å². The lowest BCUT2D eigenvalue weighted by Gasteiger charge is -2.26. The Hall–Kier alpha value is -0.880. The number of carbonyl (C=O) groups is 1. The van der Waals surface area contributed by atoms with Gasteiger partial charge < -0.3 is 14.8 Å². The van der Waals surface area contributed by atoms with Crippen molar-refractivity contribution in [2.45, 2.75) is 26.1 Å². The molecule has 0 spiro atoms. The summed E-state index contributed by atoms with van der Waals surface area (Å²) in [5, 5.41) is 3.31. The Labute approximate surface area is 133 Å². The van der Waals surface area contributed by atoms with Gasteiger partial charge in [-0.3, -0.25) is 4.79 Å². The number of nitrogens with zero attached hydrogens (tertiary/aromatic N) is 1. The molecule has 1 N–H and O–H groups in total. The summed E-state index contributed by atoms with van der Waals surface area (Å²) in [6.45, 7) is 5.62. The van der Waals surface area contributed by atoms with Gasteiger partial charge in [-0.25, -0.2) is 4.98 Å². The van der Waals surface area contributed by atoms with Gasteiger partial charge in [0.2, 0.25) is 0 Å². The van der Waals surface area contributed by atoms with Crippen molar-refractivity contribution in [2.75, 3.05) is 19.8 Å². The van der Waals surface area contributed by atoms with Crippen LogP contribution >= 0.6 is 23.2 Å². The molecule has 1 aliphatic heterocycles. The van der Waals surface area contributed by atoms with Crippen LogP contribution in [0.1, 0.15) is 30.8 Å². The molecule has 116 valence electrons. The van der Waals surface area contributed by atoms with Crippen LogP contribution in [0.3, 0.4) is 0 Å². The van der Waals surface area contributed by atoms with Gasteiger partial charge >= 0.3 is 0 Å². The molecule has 21 heavy (non-hydrogen) atoms. The van der Waals surface area contributed by atoms with E-state index in [0.717, 1.165) is 0 Å². The Kier molecular flexibility index (Phi) is 5.43. The highest BCUT2D eigenvalue weighted by Crippen LogP contribution is 2.26. The summed E-state index contributed by atoms with van der Waals surface area (Å²) in [6.07, 6.45) is 0.698. The minimum absolute atomic E-state index is 0.135. The quantitative estimate of drug-likeness (QED) is 0.842. The molecule has 5 nitrogen and oxygen atoms in total. The molecule has 0 saturated carbocycles. The van der Waals surface area contributed by atoms with Gasteiger partial charge in [0, 0.05) is 13.0 Å². The van der Waals surface area contributed by atoms with E-state index in [-0.39, 0.29) is 27.7 Å². The van der Waals surface area contributed by atoms with E-state index in [1.54, 1.807) is 12.1 Å². The molecule has 1 aromatic rings. The molecule has 2 heterocycles. The monoisotopic (exact) mass is 332 g/mol. The normalized spacial score (nSPS) is 18.5. The van der Waals surface area contributed by atoms with Crippen LogP contribution < -0.4 is 5.32 Å². The van der Waals surface area contributed by atoms with Crippen LogP contribution in [0.5, 0.6) is 0 Å². The van der Waals surface area contributed by atoms with Gasteiger partial charge in [0.15, 0.2) is 5.79 Å². The smallest absolute Gasteiger partial charge is 0.271 e. The number of hydrogen-bond donors (Lipinski definition) is 1. The Morgan fingerprint density at radius 2 is 2.10 bits per heavy atom. The Balaban J connectivity index is 1.87. The first kappa shape index (κ1) is 16.5. The van der Waals surface area contributed by atoms with Gasteiger partial charge in [0.25, 0.3) is 5.91 Å². The lowest BCUT2D eigenvalue weighted by Crippen LogP contribution is -2.34. The summed E-state index contributed by atoms with van der Waals surface area (Å²) in [5.41, 5.74) is 0.135. The van der Waals surface area contributed by atoms with Crippen LogP contribution in [0.2, 0.25) is 10.2 Å². The molecule has 0 aromatic carbocycles. The second-order valence-corrected chi connectivity index (χ2v) is 6.11. The predicted molar refractivity (Wildman–Crippen MR) is 80.7 cm³/mol. The second-order valence-electron chi connectivity index (χ2n) is 5.31. The van der Waals surface area contributed by atoms with E-state index in [0.29, 0.717) is 26.2 Å². The molecule has 7 heteroatoms. The fraction of sp³-hybridized carbons (Fsp3) is 0.571. The zero-order valence-corrected chi connectivity index (χ0v) is 13.5. The fourth-order valence-corrected chi connectivity index (χ4v) is 2.65. The van der Waals surface area contributed by atoms with Gasteiger partial charge in [-0.1, -0.05) is 30.1 Å². The van der Waals surface area contributed by atoms with E-state index >= 15 is 0 Å². The summed E-state index contributed by atoms with van der Waals surface area (Å²) in [7, 11) is 0. The van der Waals surface area contributed by atoms with Gasteiger partial charge in [-0.05, 0) is 25.0 Å². The number of ether oxygens (including phenoxy) is 2. The second kappa shape index (κ2) is 6.92. The van der Waals surface area contributed by atoms with Crippen molar-refractivity contribution in [3.63, 3.8) is 0 Å². The Morgan fingerprint density at radius 1 is 1.43 bits per heavy atom. The first-order chi connectivity index (χ1) is 9.89. The molecule has 1 aromatic heterocycles. The van der Waals surface area contributed by atoms with Crippen LogP contribution in [0.25, 0.3) is 0 Å². The van der Waals surface area contributed by atoms with Crippen molar-refractivity contribution >= 4 is 29.1 Å². The third-order valence-corrected chi connectivity index (χ3v) is 3.77. The maximum Gasteiger partial charge on any atom is 0.271 e. The minimum Gasteiger partial charge on any atom is -0.350 e. The summed E-state index contributed by atoms with van der Waals surface area (Å²) < 4.78 is 11.1. The Bertz CT molecular complexity index is 519. The summed E-state index contributed by atoms with van der Waals surface area (Å²) in [4.78, 5) is 16.0. The third kappa shape index (κ3) is 4.54. The highest BCUT2D eigenvalue weighted by atomic mass is 35.5. The molecule has 2 rings (SSSR count). The average Bonchev–Trinajstić information content (AvgIpc) is 2.85. The van der Waals surface area contributed by atoms with E-state index in [4.69, 9.17) is 32.7 Å². The first-order valence-electron chi connectivity index (χ1n) is 6.78. The SMILES string of the molecule is CC(CNC(=O)c1nc(Cl)ccc1Cl)CC1(C)OCCO1. The Morgan fingerprint density at radius 3 is 2.76 bits per heavy atom. The highest BCUT2D eigenvalue weighted by molar-refractivity contribution is 6.34. The first-order valence-corrected chi connectivity index (χ1v) is 7.53. The molecule has 1 fully saturated rings. The van der Waals surface area contributed by atoms with E-state index in [2.05, 4.69) is 10.3 Å². The number of aromatic nitrogens is 1. The van der Waals surface area contributed by atoms with Gasteiger partial charge in [0.05, 0.1) is 18.2 Å². The maximum atomic E-state index is 12.1. The zero-order chi connectivity index (χ0) is 15.5. The van der Waals surface area contributed by atoms with Crippen LogP contribution in [0.4, 0.5) is 0 Å². The van der Waals surface area contributed by atoms with Crippen molar-refractivity contribution in [1.82, 2.24) is 10.3 Å². The molecule has 1 amide bonds. The molecule has 1 atom stereocenters. The molecule has 0 bridgehead atoms. The molecule has 1 saturated heterocycles. The van der Waals surface area contributed by atoms with E-state index in [9.17, 15) is 4.79 Å². The lowest BCUT2D eigenvalue weighted by molar-refractivity contribution is -0.153. The van der Waals surface area contributed by atoms with Crippen molar-refractivity contribution in [3.05, 3.63) is 28.0 Å². The molecule has 1 aliphatic rings. The van der Waals surface area contributed by atoms with Crippen molar-refractivity contribution in [3.8, 4) is 0 Å². The van der Waals surface area contributed by atoms with Crippen LogP contribution in [-0.2, 0) is 9.47 Å². The van der Waals surface area contributed by atoms with Gasteiger partial charge in [-0.15, -0.1) is 0 Å². The van der Waals surface area contributed by atoms with E-state index < -0.39 is 5.79 Å². The molecule has 1 unspecified atom stereocenters. The molecule has 0 radical (unpaired) electrons. The number of hydrogen-bond acceptors (Lipinski definition) is 4. The third-order valence-electron chi connectivity index (χ3n) is 3.26. The number of amides is 1. The standard InChI is InChI=1S/C14H18Cl2N2O3/c1-9(7-14(2)20-5-6-21-14)8-17-13(19)12-10(15)3-4-11(16)18-12/h3-4,9H,5-8H2,1-2H3,(H,17,19). The van der Waals surface area contributed by atoms with Crippen molar-refractivity contribution in [2.24, 2.45) is 5.92 Å². The fourth-order valence-electron chi connectivity index (χ4n) is 2.31. The lowest BCUT2D eigenvalue weighted by atomic mass is 10.0. The summed E-state index contributed by atoms with van der Waals surface area (Å²) in [6, 6.07) is 3.09. The maximum absolute atomic E-state index is 12.1. The van der Waals surface area contributed by atoms with Crippen molar-refractivity contribution < 1.29 is 14.3 Å². The predicted octanol–water partition coefficient (Wildman–Crippen LogP) is 2.91. The topological polar surface area (TPSA) is 60.5 Å². The molecular weight excluding hydrogens is 315 g/mol.